The Balaban J connectivity index is 1.33. The van der Waals surface area contributed by atoms with Gasteiger partial charge < -0.3 is 10.6 Å². The number of hydrogen-bond donors (Lipinski definition) is 2. The highest BCUT2D eigenvalue weighted by molar-refractivity contribution is 7.21. The van der Waals surface area contributed by atoms with Gasteiger partial charge in [0.05, 0.1) is 18.0 Å². The smallest absolute Gasteiger partial charge is 0.240 e. The van der Waals surface area contributed by atoms with E-state index in [1.54, 1.807) is 11.3 Å². The van der Waals surface area contributed by atoms with E-state index >= 15 is 0 Å². The summed E-state index contributed by atoms with van der Waals surface area (Å²) in [7, 11) is 0. The summed E-state index contributed by atoms with van der Waals surface area (Å²) in [5, 5.41) is 7.27. The first-order valence-corrected chi connectivity index (χ1v) is 11.5. The van der Waals surface area contributed by atoms with Crippen molar-refractivity contribution in [3.8, 4) is 10.4 Å². The lowest BCUT2D eigenvalue weighted by Gasteiger charge is -2.20. The van der Waals surface area contributed by atoms with Gasteiger partial charge in [-0.1, -0.05) is 91.0 Å². The molecule has 0 aliphatic carbocycles. The Bertz CT molecular complexity index is 1320. The van der Waals surface area contributed by atoms with Gasteiger partial charge in [0.15, 0.2) is 0 Å². The first kappa shape index (κ1) is 20.8. The summed E-state index contributed by atoms with van der Waals surface area (Å²) in [6.45, 7) is 0.110. The fourth-order valence-electron chi connectivity index (χ4n) is 3.77. The number of thiophene rings is 1. The number of carbonyl (C=O) groups excluding carboxylic acids is 1. The van der Waals surface area contributed by atoms with Gasteiger partial charge in [0.25, 0.3) is 0 Å². The average Bonchev–Trinajstić information content (AvgIpc) is 3.33. The number of hydrogen-bond acceptors (Lipinski definition) is 5. The molecule has 0 spiro atoms. The van der Waals surface area contributed by atoms with E-state index in [-0.39, 0.29) is 18.5 Å². The summed E-state index contributed by atoms with van der Waals surface area (Å²) in [5.74, 6) is 0.544. The summed E-state index contributed by atoms with van der Waals surface area (Å²) in [6.07, 6.45) is 1.53. The lowest BCUT2D eigenvalue weighted by Crippen LogP contribution is -2.34. The molecule has 0 aliphatic rings. The van der Waals surface area contributed by atoms with Crippen LogP contribution in [0.25, 0.3) is 20.7 Å². The summed E-state index contributed by atoms with van der Waals surface area (Å²) < 4.78 is 0. The SMILES string of the molecule is O=C(CNc1ncnc2sc(-c3ccccc3)cc12)NC(c1ccccc1)c1ccccc1. The molecule has 0 aliphatic heterocycles. The Morgan fingerprint density at radius 2 is 1.42 bits per heavy atom. The van der Waals surface area contributed by atoms with Crippen molar-refractivity contribution < 1.29 is 4.79 Å². The number of carbonyl (C=O) groups is 1. The molecule has 0 atom stereocenters. The number of nitrogens with zero attached hydrogens (tertiary/aromatic N) is 2. The van der Waals surface area contributed by atoms with Crippen LogP contribution in [-0.2, 0) is 4.79 Å². The molecule has 3 aromatic carbocycles. The zero-order chi connectivity index (χ0) is 22.5. The van der Waals surface area contributed by atoms with Crippen LogP contribution in [-0.4, -0.2) is 22.4 Å². The number of rotatable bonds is 7. The highest BCUT2D eigenvalue weighted by atomic mass is 32.1. The van der Waals surface area contributed by atoms with Gasteiger partial charge in [-0.3, -0.25) is 4.79 Å². The predicted octanol–water partition coefficient (Wildman–Crippen LogP) is 5.68. The van der Waals surface area contributed by atoms with Gasteiger partial charge >= 0.3 is 0 Å². The Morgan fingerprint density at radius 3 is 2.06 bits per heavy atom. The van der Waals surface area contributed by atoms with Gasteiger partial charge in [-0.05, 0) is 22.8 Å². The maximum absolute atomic E-state index is 12.9. The van der Waals surface area contributed by atoms with Crippen molar-refractivity contribution >= 4 is 33.3 Å². The molecule has 0 unspecified atom stereocenters. The summed E-state index contributed by atoms with van der Waals surface area (Å²) in [5.41, 5.74) is 3.20. The zero-order valence-electron chi connectivity index (χ0n) is 17.8. The van der Waals surface area contributed by atoms with Gasteiger partial charge in [0.1, 0.15) is 17.0 Å². The third-order valence-corrected chi connectivity index (χ3v) is 6.47. The first-order chi connectivity index (χ1) is 16.3. The molecule has 0 saturated carbocycles. The van der Waals surface area contributed by atoms with Crippen molar-refractivity contribution in [3.63, 3.8) is 0 Å². The largest absolute Gasteiger partial charge is 0.360 e. The number of fused-ring (bicyclic) bond motifs is 1. The second kappa shape index (κ2) is 9.63. The van der Waals surface area contributed by atoms with Crippen LogP contribution in [0.3, 0.4) is 0 Å². The minimum atomic E-state index is -0.224. The van der Waals surface area contributed by atoms with E-state index in [1.807, 2.05) is 78.9 Å². The monoisotopic (exact) mass is 450 g/mol. The molecular formula is C27H22N4OS. The van der Waals surface area contributed by atoms with Gasteiger partial charge in [-0.15, -0.1) is 11.3 Å². The molecule has 0 radical (unpaired) electrons. The summed E-state index contributed by atoms with van der Waals surface area (Å²) in [4.78, 5) is 23.7. The number of benzene rings is 3. The highest BCUT2D eigenvalue weighted by Gasteiger charge is 2.17. The van der Waals surface area contributed by atoms with Crippen molar-refractivity contribution in [1.82, 2.24) is 15.3 Å². The van der Waals surface area contributed by atoms with Crippen LogP contribution >= 0.6 is 11.3 Å². The number of nitrogens with one attached hydrogen (secondary N) is 2. The van der Waals surface area contributed by atoms with Crippen LogP contribution in [0.5, 0.6) is 0 Å². The van der Waals surface area contributed by atoms with E-state index in [1.165, 1.54) is 6.33 Å². The molecule has 5 rings (SSSR count). The van der Waals surface area contributed by atoms with Gasteiger partial charge in [0, 0.05) is 4.88 Å². The van der Waals surface area contributed by atoms with Crippen molar-refractivity contribution in [2.75, 3.05) is 11.9 Å². The Morgan fingerprint density at radius 1 is 0.818 bits per heavy atom. The van der Waals surface area contributed by atoms with E-state index in [0.29, 0.717) is 5.82 Å². The normalized spacial score (nSPS) is 10.9. The fraction of sp³-hybridized carbons (Fsp3) is 0.0741. The Labute approximate surface area is 196 Å². The minimum absolute atomic E-state index is 0.110. The Kier molecular flexibility index (Phi) is 6.08. The summed E-state index contributed by atoms with van der Waals surface area (Å²) >= 11 is 1.61. The van der Waals surface area contributed by atoms with E-state index < -0.39 is 0 Å². The second-order valence-corrected chi connectivity index (χ2v) is 8.62. The molecule has 0 bridgehead atoms. The van der Waals surface area contributed by atoms with E-state index in [4.69, 9.17) is 0 Å². The van der Waals surface area contributed by atoms with Crippen LogP contribution in [0.15, 0.2) is 103 Å². The van der Waals surface area contributed by atoms with Gasteiger partial charge in [-0.2, -0.15) is 0 Å². The molecule has 5 aromatic rings. The first-order valence-electron chi connectivity index (χ1n) is 10.7. The van der Waals surface area contributed by atoms with Crippen LogP contribution in [0.2, 0.25) is 0 Å². The van der Waals surface area contributed by atoms with Gasteiger partial charge in [0.2, 0.25) is 5.91 Å². The highest BCUT2D eigenvalue weighted by Crippen LogP contribution is 2.34. The van der Waals surface area contributed by atoms with Crippen molar-refractivity contribution in [2.24, 2.45) is 0 Å². The second-order valence-electron chi connectivity index (χ2n) is 7.59. The zero-order valence-corrected chi connectivity index (χ0v) is 18.6. The van der Waals surface area contributed by atoms with Crippen LogP contribution in [0, 0.1) is 0 Å². The van der Waals surface area contributed by atoms with E-state index in [0.717, 1.165) is 31.8 Å². The van der Waals surface area contributed by atoms with Crippen molar-refractivity contribution in [2.45, 2.75) is 6.04 Å². The molecule has 2 N–H and O–H groups in total. The predicted molar refractivity (Wildman–Crippen MR) is 134 cm³/mol. The molecule has 6 heteroatoms. The third kappa shape index (κ3) is 4.76. The molecule has 2 heterocycles. The lowest BCUT2D eigenvalue weighted by molar-refractivity contribution is -0.119. The maximum Gasteiger partial charge on any atom is 0.240 e. The van der Waals surface area contributed by atoms with Crippen LogP contribution in [0.1, 0.15) is 17.2 Å². The van der Waals surface area contributed by atoms with Crippen LogP contribution in [0.4, 0.5) is 5.82 Å². The minimum Gasteiger partial charge on any atom is -0.360 e. The molecule has 0 saturated heterocycles. The van der Waals surface area contributed by atoms with Crippen molar-refractivity contribution in [3.05, 3.63) is 115 Å². The Hall–Kier alpha value is -4.03. The lowest BCUT2D eigenvalue weighted by atomic mass is 9.99. The van der Waals surface area contributed by atoms with Gasteiger partial charge in [-0.25, -0.2) is 9.97 Å². The molecule has 33 heavy (non-hydrogen) atoms. The van der Waals surface area contributed by atoms with Crippen molar-refractivity contribution in [1.29, 1.82) is 0 Å². The maximum atomic E-state index is 12.9. The standard InChI is InChI=1S/C27H22N4OS/c32-24(31-25(20-12-6-2-7-13-20)21-14-8-3-9-15-21)17-28-26-22-16-23(19-10-4-1-5-11-19)33-27(22)30-18-29-26/h1-16,18,25H,17H2,(H,31,32)(H,28,29,30). The molecule has 2 aromatic heterocycles. The van der Waals surface area contributed by atoms with Crippen LogP contribution < -0.4 is 10.6 Å². The number of anilines is 1. The average molecular weight is 451 g/mol. The fourth-order valence-corrected chi connectivity index (χ4v) is 4.77. The van der Waals surface area contributed by atoms with E-state index in [9.17, 15) is 4.79 Å². The number of amides is 1. The van der Waals surface area contributed by atoms with E-state index in [2.05, 4.69) is 38.8 Å². The quantitative estimate of drug-likeness (QED) is 0.335. The molecule has 0 fully saturated rings. The topological polar surface area (TPSA) is 66.9 Å². The molecular weight excluding hydrogens is 428 g/mol. The third-order valence-electron chi connectivity index (χ3n) is 5.38. The molecule has 1 amide bonds. The number of aromatic nitrogens is 2. The molecule has 162 valence electrons. The molecule has 5 nitrogen and oxygen atoms in total. The summed E-state index contributed by atoms with van der Waals surface area (Å²) in [6, 6.07) is 32.0.